The third kappa shape index (κ3) is 4.00. The number of nitrogens with one attached hydrogen (secondary N) is 1. The molecule has 0 bridgehead atoms. The van der Waals surface area contributed by atoms with E-state index in [1.807, 2.05) is 36.4 Å². The second kappa shape index (κ2) is 8.41. The van der Waals surface area contributed by atoms with E-state index in [-0.39, 0.29) is 12.4 Å². The average Bonchev–Trinajstić information content (AvgIpc) is 3.43. The summed E-state index contributed by atoms with van der Waals surface area (Å²) in [6.45, 7) is 2.60. The molecule has 7 heteroatoms. The first-order chi connectivity index (χ1) is 13.7. The summed E-state index contributed by atoms with van der Waals surface area (Å²) in [5.41, 5.74) is 2.47. The number of ketones is 1. The predicted octanol–water partition coefficient (Wildman–Crippen LogP) is 3.62. The summed E-state index contributed by atoms with van der Waals surface area (Å²) in [5, 5.41) is 1.03. The van der Waals surface area contributed by atoms with Gasteiger partial charge in [0.15, 0.2) is 6.61 Å². The Morgan fingerprint density at radius 1 is 1.11 bits per heavy atom. The Bertz CT molecular complexity index is 944. The number of hydrogen-bond acceptors (Lipinski definition) is 6. The Morgan fingerprint density at radius 2 is 1.89 bits per heavy atom. The van der Waals surface area contributed by atoms with Gasteiger partial charge in [0.25, 0.3) is 0 Å². The van der Waals surface area contributed by atoms with E-state index in [2.05, 4.69) is 9.88 Å². The number of carbonyl (C=O) groups is 2. The molecule has 0 unspecified atom stereocenters. The molecule has 6 nitrogen and oxygen atoms in total. The van der Waals surface area contributed by atoms with Gasteiger partial charge in [-0.2, -0.15) is 0 Å². The van der Waals surface area contributed by atoms with Crippen molar-refractivity contribution in [1.82, 2.24) is 4.98 Å². The SMILES string of the molecule is O=C(COC(=O)c1cc(-c2ccccc2)c(N2CCOCC2)s1)c1ccc[nH]1. The molecule has 2 aromatic heterocycles. The van der Waals surface area contributed by atoms with Crippen LogP contribution in [0.1, 0.15) is 20.2 Å². The third-order valence-electron chi connectivity index (χ3n) is 4.53. The van der Waals surface area contributed by atoms with Gasteiger partial charge < -0.3 is 19.4 Å². The number of hydrogen-bond donors (Lipinski definition) is 1. The first-order valence-electron chi connectivity index (χ1n) is 9.08. The Morgan fingerprint density at radius 3 is 2.61 bits per heavy atom. The van der Waals surface area contributed by atoms with Crippen molar-refractivity contribution in [1.29, 1.82) is 0 Å². The molecule has 1 fully saturated rings. The van der Waals surface area contributed by atoms with E-state index in [9.17, 15) is 9.59 Å². The van der Waals surface area contributed by atoms with E-state index in [0.29, 0.717) is 23.8 Å². The van der Waals surface area contributed by atoms with Crippen LogP contribution in [0.5, 0.6) is 0 Å². The topological polar surface area (TPSA) is 71.6 Å². The maximum Gasteiger partial charge on any atom is 0.348 e. The second-order valence-electron chi connectivity index (χ2n) is 6.38. The van der Waals surface area contributed by atoms with Crippen LogP contribution in [0.25, 0.3) is 11.1 Å². The number of morpholine rings is 1. The van der Waals surface area contributed by atoms with Crippen LogP contribution < -0.4 is 4.90 Å². The molecule has 0 spiro atoms. The predicted molar refractivity (Wildman–Crippen MR) is 108 cm³/mol. The Labute approximate surface area is 166 Å². The summed E-state index contributed by atoms with van der Waals surface area (Å²) in [7, 11) is 0. The number of benzene rings is 1. The van der Waals surface area contributed by atoms with Crippen LogP contribution >= 0.6 is 11.3 Å². The summed E-state index contributed by atoms with van der Waals surface area (Å²) >= 11 is 1.39. The highest BCUT2D eigenvalue weighted by Gasteiger charge is 2.23. The quantitative estimate of drug-likeness (QED) is 0.509. The van der Waals surface area contributed by atoms with Crippen molar-refractivity contribution in [2.24, 2.45) is 0 Å². The fourth-order valence-electron chi connectivity index (χ4n) is 3.09. The van der Waals surface area contributed by atoms with Gasteiger partial charge in [-0.15, -0.1) is 11.3 Å². The van der Waals surface area contributed by atoms with E-state index < -0.39 is 5.97 Å². The molecule has 1 aliphatic rings. The van der Waals surface area contributed by atoms with Crippen molar-refractivity contribution in [2.45, 2.75) is 0 Å². The molecule has 1 saturated heterocycles. The molecule has 28 heavy (non-hydrogen) atoms. The monoisotopic (exact) mass is 396 g/mol. The first kappa shape index (κ1) is 18.5. The zero-order chi connectivity index (χ0) is 19.3. The maximum absolute atomic E-state index is 12.6. The van der Waals surface area contributed by atoms with Gasteiger partial charge in [0.1, 0.15) is 4.88 Å². The van der Waals surface area contributed by atoms with Crippen molar-refractivity contribution in [3.05, 3.63) is 65.3 Å². The molecule has 1 aromatic carbocycles. The molecule has 4 rings (SSSR count). The molecule has 3 aromatic rings. The molecule has 3 heterocycles. The molecule has 0 amide bonds. The number of rotatable bonds is 6. The average molecular weight is 396 g/mol. The van der Waals surface area contributed by atoms with Crippen LogP contribution in [0.2, 0.25) is 0 Å². The molecule has 1 aliphatic heterocycles. The molecule has 0 aliphatic carbocycles. The van der Waals surface area contributed by atoms with Crippen LogP contribution in [0.4, 0.5) is 5.00 Å². The number of thiophene rings is 1. The highest BCUT2D eigenvalue weighted by molar-refractivity contribution is 7.18. The molecule has 0 atom stereocenters. The van der Waals surface area contributed by atoms with Crippen molar-refractivity contribution >= 4 is 28.1 Å². The summed E-state index contributed by atoms with van der Waals surface area (Å²) in [5.74, 6) is -0.742. The van der Waals surface area contributed by atoms with Gasteiger partial charge in [-0.25, -0.2) is 4.79 Å². The lowest BCUT2D eigenvalue weighted by Crippen LogP contribution is -2.35. The van der Waals surface area contributed by atoms with Crippen molar-refractivity contribution in [3.63, 3.8) is 0 Å². The Kier molecular flexibility index (Phi) is 5.55. The van der Waals surface area contributed by atoms with Crippen LogP contribution in [0.3, 0.4) is 0 Å². The molecule has 0 saturated carbocycles. The number of esters is 1. The highest BCUT2D eigenvalue weighted by Crippen LogP contribution is 2.39. The zero-order valence-corrected chi connectivity index (χ0v) is 16.0. The van der Waals surface area contributed by atoms with Crippen molar-refractivity contribution in [2.75, 3.05) is 37.8 Å². The summed E-state index contributed by atoms with van der Waals surface area (Å²) in [6.07, 6.45) is 1.66. The molecular formula is C21H20N2O4S. The smallest absolute Gasteiger partial charge is 0.348 e. The Hall–Kier alpha value is -2.90. The van der Waals surface area contributed by atoms with Gasteiger partial charge in [-0.3, -0.25) is 4.79 Å². The van der Waals surface area contributed by atoms with Crippen LogP contribution in [-0.2, 0) is 9.47 Å². The van der Waals surface area contributed by atoms with E-state index >= 15 is 0 Å². The fourth-order valence-corrected chi connectivity index (χ4v) is 4.22. The van der Waals surface area contributed by atoms with Crippen molar-refractivity contribution in [3.8, 4) is 11.1 Å². The standard InChI is InChI=1S/C21H20N2O4S/c24-18(17-7-4-8-22-17)14-27-21(25)19-13-16(15-5-2-1-3-6-15)20(28-19)23-9-11-26-12-10-23/h1-8,13,22H,9-12,14H2. The van der Waals surface area contributed by atoms with Gasteiger partial charge >= 0.3 is 5.97 Å². The first-order valence-corrected chi connectivity index (χ1v) is 9.89. The molecular weight excluding hydrogens is 376 g/mol. The number of H-pyrrole nitrogens is 1. The highest BCUT2D eigenvalue weighted by atomic mass is 32.1. The lowest BCUT2D eigenvalue weighted by molar-refractivity contribution is 0.0478. The largest absolute Gasteiger partial charge is 0.453 e. The minimum Gasteiger partial charge on any atom is -0.453 e. The molecule has 0 radical (unpaired) electrons. The lowest BCUT2D eigenvalue weighted by atomic mass is 10.1. The van der Waals surface area contributed by atoms with E-state index in [0.717, 1.165) is 29.2 Å². The normalized spacial score (nSPS) is 14.1. The van der Waals surface area contributed by atoms with Gasteiger partial charge in [0.05, 0.1) is 23.9 Å². The van der Waals surface area contributed by atoms with Gasteiger partial charge in [0.2, 0.25) is 5.78 Å². The summed E-state index contributed by atoms with van der Waals surface area (Å²) in [4.78, 5) is 30.2. The van der Waals surface area contributed by atoms with Gasteiger partial charge in [-0.05, 0) is 23.8 Å². The molecule has 144 valence electrons. The van der Waals surface area contributed by atoms with E-state index in [1.165, 1.54) is 11.3 Å². The Balaban J connectivity index is 1.56. The number of nitrogens with zero attached hydrogens (tertiary/aromatic N) is 1. The van der Waals surface area contributed by atoms with Gasteiger partial charge in [-0.1, -0.05) is 30.3 Å². The minimum absolute atomic E-state index is 0.258. The van der Waals surface area contributed by atoms with Crippen LogP contribution in [-0.4, -0.2) is 49.6 Å². The van der Waals surface area contributed by atoms with Crippen molar-refractivity contribution < 1.29 is 19.1 Å². The number of Topliss-reactive ketones (excluding diaryl/α,β-unsaturated/α-hetero) is 1. The molecule has 1 N–H and O–H groups in total. The van der Waals surface area contributed by atoms with Crippen LogP contribution in [0, 0.1) is 0 Å². The second-order valence-corrected chi connectivity index (χ2v) is 7.41. The number of ether oxygens (including phenoxy) is 2. The van der Waals surface area contributed by atoms with Crippen LogP contribution in [0.15, 0.2) is 54.7 Å². The summed E-state index contributed by atoms with van der Waals surface area (Å²) < 4.78 is 10.7. The lowest BCUT2D eigenvalue weighted by Gasteiger charge is -2.28. The van der Waals surface area contributed by atoms with E-state index in [4.69, 9.17) is 9.47 Å². The van der Waals surface area contributed by atoms with E-state index in [1.54, 1.807) is 18.3 Å². The zero-order valence-electron chi connectivity index (χ0n) is 15.2. The number of aromatic nitrogens is 1. The maximum atomic E-state index is 12.6. The number of anilines is 1. The van der Waals surface area contributed by atoms with Gasteiger partial charge in [0, 0.05) is 24.8 Å². The fraction of sp³-hybridized carbons (Fsp3) is 0.238. The number of carbonyl (C=O) groups excluding carboxylic acids is 2. The number of aromatic amines is 1. The minimum atomic E-state index is -0.485. The third-order valence-corrected chi connectivity index (χ3v) is 5.71. The summed E-state index contributed by atoms with van der Waals surface area (Å²) in [6, 6.07) is 15.2.